The summed E-state index contributed by atoms with van der Waals surface area (Å²) in [5.41, 5.74) is 0. The molecule has 2 aliphatic rings. The number of carbonyl (C=O) groups excluding carboxylic acids is 1. The van der Waals surface area contributed by atoms with Gasteiger partial charge in [-0.25, -0.2) is 0 Å². The SMILES string of the molecule is CC1CCC(C(=O)N2CCC(CBr)CC2)O1. The van der Waals surface area contributed by atoms with Crippen LogP contribution in [-0.4, -0.2) is 41.4 Å². The van der Waals surface area contributed by atoms with Gasteiger partial charge >= 0.3 is 0 Å². The number of nitrogens with zero attached hydrogens (tertiary/aromatic N) is 1. The van der Waals surface area contributed by atoms with E-state index in [0.29, 0.717) is 0 Å². The molecule has 0 radical (unpaired) electrons. The van der Waals surface area contributed by atoms with Crippen molar-refractivity contribution in [1.29, 1.82) is 0 Å². The molecule has 1 amide bonds. The number of hydrogen-bond acceptors (Lipinski definition) is 2. The molecule has 0 spiro atoms. The first-order valence-electron chi connectivity index (χ1n) is 6.21. The summed E-state index contributed by atoms with van der Waals surface area (Å²) in [5, 5.41) is 1.06. The van der Waals surface area contributed by atoms with E-state index in [1.165, 1.54) is 0 Å². The molecule has 92 valence electrons. The highest BCUT2D eigenvalue weighted by Crippen LogP contribution is 2.24. The average Bonchev–Trinajstić information content (AvgIpc) is 2.75. The number of hydrogen-bond donors (Lipinski definition) is 0. The monoisotopic (exact) mass is 289 g/mol. The molecule has 2 unspecified atom stereocenters. The van der Waals surface area contributed by atoms with E-state index in [1.54, 1.807) is 0 Å². The van der Waals surface area contributed by atoms with Crippen LogP contribution < -0.4 is 0 Å². The minimum absolute atomic E-state index is 0.157. The van der Waals surface area contributed by atoms with Gasteiger partial charge in [-0.3, -0.25) is 4.79 Å². The van der Waals surface area contributed by atoms with E-state index in [9.17, 15) is 4.79 Å². The van der Waals surface area contributed by atoms with Crippen LogP contribution in [0.5, 0.6) is 0 Å². The van der Waals surface area contributed by atoms with Crippen LogP contribution in [0, 0.1) is 5.92 Å². The van der Waals surface area contributed by atoms with Gasteiger partial charge in [0, 0.05) is 18.4 Å². The maximum atomic E-state index is 12.1. The molecular weight excluding hydrogens is 270 g/mol. The van der Waals surface area contributed by atoms with Crippen molar-refractivity contribution in [3.8, 4) is 0 Å². The highest BCUT2D eigenvalue weighted by molar-refractivity contribution is 9.09. The topological polar surface area (TPSA) is 29.5 Å². The van der Waals surface area contributed by atoms with Gasteiger partial charge in [-0.15, -0.1) is 0 Å². The van der Waals surface area contributed by atoms with Crippen LogP contribution in [0.25, 0.3) is 0 Å². The van der Waals surface area contributed by atoms with Crippen molar-refractivity contribution in [1.82, 2.24) is 4.90 Å². The van der Waals surface area contributed by atoms with Gasteiger partial charge in [-0.1, -0.05) is 15.9 Å². The highest BCUT2D eigenvalue weighted by Gasteiger charge is 2.33. The summed E-state index contributed by atoms with van der Waals surface area (Å²) in [6.45, 7) is 3.86. The summed E-state index contributed by atoms with van der Waals surface area (Å²) >= 11 is 3.51. The second-order valence-electron chi connectivity index (χ2n) is 4.94. The van der Waals surface area contributed by atoms with Crippen LogP contribution in [0.4, 0.5) is 0 Å². The highest BCUT2D eigenvalue weighted by atomic mass is 79.9. The number of ether oxygens (including phenoxy) is 1. The van der Waals surface area contributed by atoms with E-state index in [-0.39, 0.29) is 18.1 Å². The van der Waals surface area contributed by atoms with Gasteiger partial charge in [0.2, 0.25) is 0 Å². The zero-order valence-electron chi connectivity index (χ0n) is 9.82. The molecule has 0 aromatic rings. The Balaban J connectivity index is 1.82. The molecule has 16 heavy (non-hydrogen) atoms. The van der Waals surface area contributed by atoms with Gasteiger partial charge < -0.3 is 9.64 Å². The maximum absolute atomic E-state index is 12.1. The quantitative estimate of drug-likeness (QED) is 0.730. The Kier molecular flexibility index (Phi) is 4.25. The third-order valence-corrected chi connectivity index (χ3v) is 4.57. The first-order valence-corrected chi connectivity index (χ1v) is 7.33. The molecule has 2 saturated heterocycles. The van der Waals surface area contributed by atoms with Crippen molar-refractivity contribution in [2.24, 2.45) is 5.92 Å². The summed E-state index contributed by atoms with van der Waals surface area (Å²) in [5.74, 6) is 0.963. The lowest BCUT2D eigenvalue weighted by Crippen LogP contribution is -2.44. The number of piperidine rings is 1. The molecule has 4 heteroatoms. The number of halogens is 1. The number of likely N-dealkylation sites (tertiary alicyclic amines) is 1. The van der Waals surface area contributed by atoms with Crippen molar-refractivity contribution >= 4 is 21.8 Å². The molecule has 0 N–H and O–H groups in total. The number of rotatable bonds is 2. The third kappa shape index (κ3) is 2.77. The van der Waals surface area contributed by atoms with Gasteiger partial charge in [-0.05, 0) is 38.5 Å². The Morgan fingerprint density at radius 2 is 2.00 bits per heavy atom. The van der Waals surface area contributed by atoms with Gasteiger partial charge in [0.15, 0.2) is 0 Å². The average molecular weight is 290 g/mol. The first-order chi connectivity index (χ1) is 7.70. The summed E-state index contributed by atoms with van der Waals surface area (Å²) in [6.07, 6.45) is 4.27. The molecule has 2 rings (SSSR count). The van der Waals surface area contributed by atoms with Crippen molar-refractivity contribution in [2.75, 3.05) is 18.4 Å². The summed E-state index contributed by atoms with van der Waals surface area (Å²) in [4.78, 5) is 14.1. The number of alkyl halides is 1. The van der Waals surface area contributed by atoms with Crippen LogP contribution in [0.2, 0.25) is 0 Å². The molecule has 2 heterocycles. The van der Waals surface area contributed by atoms with Gasteiger partial charge in [0.1, 0.15) is 6.10 Å². The van der Waals surface area contributed by atoms with E-state index in [2.05, 4.69) is 15.9 Å². The van der Waals surface area contributed by atoms with Gasteiger partial charge in [0.25, 0.3) is 5.91 Å². The Morgan fingerprint density at radius 3 is 2.50 bits per heavy atom. The molecule has 3 nitrogen and oxygen atoms in total. The van der Waals surface area contributed by atoms with E-state index in [1.807, 2.05) is 11.8 Å². The molecule has 0 aliphatic carbocycles. The fourth-order valence-electron chi connectivity index (χ4n) is 2.50. The Hall–Kier alpha value is -0.0900. The minimum Gasteiger partial charge on any atom is -0.365 e. The molecule has 0 aromatic carbocycles. The van der Waals surface area contributed by atoms with Crippen LogP contribution >= 0.6 is 15.9 Å². The van der Waals surface area contributed by atoms with Crippen molar-refractivity contribution in [3.63, 3.8) is 0 Å². The molecule has 2 fully saturated rings. The molecule has 0 bridgehead atoms. The van der Waals surface area contributed by atoms with Crippen LogP contribution in [-0.2, 0) is 9.53 Å². The molecule has 0 saturated carbocycles. The van der Waals surface area contributed by atoms with E-state index < -0.39 is 0 Å². The van der Waals surface area contributed by atoms with E-state index in [0.717, 1.165) is 50.0 Å². The standard InChI is InChI=1S/C12H20BrNO2/c1-9-2-3-11(16-9)12(15)14-6-4-10(8-13)5-7-14/h9-11H,2-8H2,1H3. The zero-order valence-corrected chi connectivity index (χ0v) is 11.4. The second-order valence-corrected chi connectivity index (χ2v) is 5.58. The fourth-order valence-corrected chi connectivity index (χ4v) is 3.14. The molecular formula is C12H20BrNO2. The Bertz CT molecular complexity index is 251. The lowest BCUT2D eigenvalue weighted by Gasteiger charge is -2.32. The zero-order chi connectivity index (χ0) is 11.5. The largest absolute Gasteiger partial charge is 0.365 e. The summed E-state index contributed by atoms with van der Waals surface area (Å²) < 4.78 is 5.63. The molecule has 2 aliphatic heterocycles. The molecule has 2 atom stereocenters. The number of carbonyl (C=O) groups is 1. The summed E-state index contributed by atoms with van der Waals surface area (Å²) in [7, 11) is 0. The lowest BCUT2D eigenvalue weighted by molar-refractivity contribution is -0.143. The number of amides is 1. The van der Waals surface area contributed by atoms with Crippen molar-refractivity contribution < 1.29 is 9.53 Å². The lowest BCUT2D eigenvalue weighted by atomic mass is 9.98. The summed E-state index contributed by atoms with van der Waals surface area (Å²) in [6, 6.07) is 0. The van der Waals surface area contributed by atoms with Crippen molar-refractivity contribution in [2.45, 2.75) is 44.8 Å². The van der Waals surface area contributed by atoms with E-state index >= 15 is 0 Å². The molecule has 0 aromatic heterocycles. The third-order valence-electron chi connectivity index (χ3n) is 3.65. The Labute approximate surface area is 106 Å². The predicted molar refractivity (Wildman–Crippen MR) is 66.7 cm³/mol. The van der Waals surface area contributed by atoms with Crippen LogP contribution in [0.1, 0.15) is 32.6 Å². The van der Waals surface area contributed by atoms with Gasteiger partial charge in [-0.2, -0.15) is 0 Å². The fraction of sp³-hybridized carbons (Fsp3) is 0.917. The second kappa shape index (κ2) is 5.50. The maximum Gasteiger partial charge on any atom is 0.251 e. The minimum atomic E-state index is -0.157. The van der Waals surface area contributed by atoms with Gasteiger partial charge in [0.05, 0.1) is 6.10 Å². The smallest absolute Gasteiger partial charge is 0.251 e. The van der Waals surface area contributed by atoms with Crippen LogP contribution in [0.15, 0.2) is 0 Å². The van der Waals surface area contributed by atoms with Crippen molar-refractivity contribution in [3.05, 3.63) is 0 Å². The normalized spacial score (nSPS) is 32.0. The first kappa shape index (κ1) is 12.4. The Morgan fingerprint density at radius 1 is 1.31 bits per heavy atom. The predicted octanol–water partition coefficient (Wildman–Crippen LogP) is 2.19. The van der Waals surface area contributed by atoms with E-state index in [4.69, 9.17) is 4.74 Å². The van der Waals surface area contributed by atoms with Crippen LogP contribution in [0.3, 0.4) is 0 Å².